The summed E-state index contributed by atoms with van der Waals surface area (Å²) in [5, 5.41) is 16.6. The van der Waals surface area contributed by atoms with Gasteiger partial charge in [0.2, 0.25) is 0 Å². The van der Waals surface area contributed by atoms with E-state index in [2.05, 4.69) is 4.98 Å². The molecule has 2 aliphatic rings. The van der Waals surface area contributed by atoms with Crippen molar-refractivity contribution in [3.63, 3.8) is 0 Å². The molecule has 0 radical (unpaired) electrons. The van der Waals surface area contributed by atoms with Crippen molar-refractivity contribution < 1.29 is 14.7 Å². The molecule has 8 nitrogen and oxygen atoms in total. The first-order valence-corrected chi connectivity index (χ1v) is 14.3. The van der Waals surface area contributed by atoms with Gasteiger partial charge in [-0.3, -0.25) is 19.4 Å². The second kappa shape index (κ2) is 13.6. The van der Waals surface area contributed by atoms with Crippen LogP contribution in [0.2, 0.25) is 0 Å². The van der Waals surface area contributed by atoms with Crippen molar-refractivity contribution in [2.45, 2.75) is 98.4 Å². The molecule has 1 aliphatic carbocycles. The summed E-state index contributed by atoms with van der Waals surface area (Å²) < 4.78 is 0. The summed E-state index contributed by atoms with van der Waals surface area (Å²) >= 11 is 0. The van der Waals surface area contributed by atoms with Crippen LogP contribution in [0.4, 0.5) is 5.69 Å². The molecule has 1 aromatic carbocycles. The van der Waals surface area contributed by atoms with E-state index >= 15 is 0 Å². The number of hydrazone groups is 1. The first-order chi connectivity index (χ1) is 18.3. The Labute approximate surface area is 226 Å². The number of rotatable bonds is 7. The zero-order chi connectivity index (χ0) is 27.8. The molecular formula is C30H44N4O4. The van der Waals surface area contributed by atoms with Crippen LogP contribution in [0.15, 0.2) is 22.0 Å². The molecule has 0 spiro atoms. The van der Waals surface area contributed by atoms with Crippen molar-refractivity contribution in [2.24, 2.45) is 11.0 Å². The fraction of sp³-hybridized carbons (Fsp3) is 0.600. The summed E-state index contributed by atoms with van der Waals surface area (Å²) in [6, 6.07) is 4.04. The molecule has 2 N–H and O–H groups in total. The summed E-state index contributed by atoms with van der Waals surface area (Å²) in [7, 11) is 0. The predicted molar refractivity (Wildman–Crippen MR) is 154 cm³/mol. The fourth-order valence-electron chi connectivity index (χ4n) is 5.83. The van der Waals surface area contributed by atoms with Gasteiger partial charge in [0.15, 0.2) is 0 Å². The van der Waals surface area contributed by atoms with Crippen LogP contribution in [0.5, 0.6) is 0 Å². The number of carbonyl (C=O) groups is 2. The van der Waals surface area contributed by atoms with Gasteiger partial charge in [0, 0.05) is 42.2 Å². The van der Waals surface area contributed by atoms with Crippen LogP contribution in [0.1, 0.15) is 100 Å². The SMILES string of the molecule is C/C=N\N(c1c(C)c(=O)[nH]c2cc(C)c(C(=O)N3CCCC(CCC(=O)O)C3)cc12)C1CCCCC1.CC. The average molecular weight is 525 g/mol. The maximum atomic E-state index is 13.7. The van der Waals surface area contributed by atoms with E-state index in [0.717, 1.165) is 55.2 Å². The van der Waals surface area contributed by atoms with Crippen LogP contribution in [-0.4, -0.2) is 52.2 Å². The molecule has 2 heterocycles. The minimum atomic E-state index is -0.794. The summed E-state index contributed by atoms with van der Waals surface area (Å²) in [6.45, 7) is 10.9. The summed E-state index contributed by atoms with van der Waals surface area (Å²) in [5.74, 6) is -0.625. The third kappa shape index (κ3) is 6.63. The number of benzene rings is 1. The van der Waals surface area contributed by atoms with Gasteiger partial charge in [0.05, 0.1) is 17.2 Å². The summed E-state index contributed by atoms with van der Waals surface area (Å²) in [6.07, 6.45) is 9.86. The lowest BCUT2D eigenvalue weighted by molar-refractivity contribution is -0.137. The number of pyridine rings is 1. The molecule has 4 rings (SSSR count). The number of hydrogen-bond donors (Lipinski definition) is 2. The van der Waals surface area contributed by atoms with Crippen LogP contribution in [0.25, 0.3) is 10.9 Å². The van der Waals surface area contributed by atoms with Gasteiger partial charge in [0.25, 0.3) is 11.5 Å². The number of amides is 1. The van der Waals surface area contributed by atoms with E-state index in [4.69, 9.17) is 10.2 Å². The lowest BCUT2D eigenvalue weighted by Crippen LogP contribution is -2.40. The number of carboxylic acids is 1. The topological polar surface area (TPSA) is 106 Å². The molecular weight excluding hydrogens is 480 g/mol. The number of carbonyl (C=O) groups excluding carboxylic acids is 1. The number of aryl methyl sites for hydroxylation is 1. The van der Waals surface area contributed by atoms with Crippen LogP contribution in [-0.2, 0) is 4.79 Å². The highest BCUT2D eigenvalue weighted by Crippen LogP contribution is 2.35. The van der Waals surface area contributed by atoms with Crippen LogP contribution < -0.4 is 10.6 Å². The van der Waals surface area contributed by atoms with Gasteiger partial charge in [0.1, 0.15) is 0 Å². The van der Waals surface area contributed by atoms with Crippen molar-refractivity contribution in [1.29, 1.82) is 0 Å². The lowest BCUT2D eigenvalue weighted by atomic mass is 9.92. The highest BCUT2D eigenvalue weighted by Gasteiger charge is 2.28. The molecule has 2 aromatic rings. The Bertz CT molecular complexity index is 1210. The van der Waals surface area contributed by atoms with Gasteiger partial charge in [-0.1, -0.05) is 33.1 Å². The van der Waals surface area contributed by atoms with Crippen molar-refractivity contribution in [3.05, 3.63) is 39.2 Å². The number of aliphatic carboxylic acids is 1. The van der Waals surface area contributed by atoms with Gasteiger partial charge < -0.3 is 15.0 Å². The second-order valence-corrected chi connectivity index (χ2v) is 10.3. The Morgan fingerprint density at radius 1 is 1.13 bits per heavy atom. The molecule has 1 atom stereocenters. The quantitative estimate of drug-likeness (QED) is 0.340. The number of aromatic nitrogens is 1. The van der Waals surface area contributed by atoms with Gasteiger partial charge in [-0.25, -0.2) is 0 Å². The smallest absolute Gasteiger partial charge is 0.303 e. The Morgan fingerprint density at radius 2 is 1.84 bits per heavy atom. The molecule has 0 bridgehead atoms. The largest absolute Gasteiger partial charge is 0.481 e. The number of nitrogens with one attached hydrogen (secondary N) is 1. The highest BCUT2D eigenvalue weighted by molar-refractivity contribution is 6.03. The van der Waals surface area contributed by atoms with E-state index < -0.39 is 5.97 Å². The molecule has 1 aliphatic heterocycles. The van der Waals surface area contributed by atoms with E-state index in [1.54, 1.807) is 6.21 Å². The number of fused-ring (bicyclic) bond motifs is 1. The number of piperidine rings is 1. The average Bonchev–Trinajstić information content (AvgIpc) is 2.93. The Hall–Kier alpha value is -3.16. The van der Waals surface area contributed by atoms with Crippen LogP contribution >= 0.6 is 0 Å². The molecule has 38 heavy (non-hydrogen) atoms. The maximum Gasteiger partial charge on any atom is 0.303 e. The number of likely N-dealkylation sites (tertiary alicyclic amines) is 1. The molecule has 1 saturated heterocycles. The number of nitrogens with zero attached hydrogens (tertiary/aromatic N) is 3. The van der Waals surface area contributed by atoms with Crippen molar-refractivity contribution in [1.82, 2.24) is 9.88 Å². The molecule has 2 fully saturated rings. The third-order valence-electron chi connectivity index (χ3n) is 7.76. The lowest BCUT2D eigenvalue weighted by Gasteiger charge is -2.34. The Balaban J connectivity index is 0.00000195. The summed E-state index contributed by atoms with van der Waals surface area (Å²) in [4.78, 5) is 42.5. The van der Waals surface area contributed by atoms with Crippen LogP contribution in [0, 0.1) is 19.8 Å². The molecule has 208 valence electrons. The molecule has 1 amide bonds. The van der Waals surface area contributed by atoms with Crippen LogP contribution in [0.3, 0.4) is 0 Å². The van der Waals surface area contributed by atoms with Crippen molar-refractivity contribution in [3.8, 4) is 0 Å². The monoisotopic (exact) mass is 524 g/mol. The van der Waals surface area contributed by atoms with E-state index in [1.165, 1.54) is 6.42 Å². The highest BCUT2D eigenvalue weighted by atomic mass is 16.4. The number of carboxylic acid groups (broad SMARTS) is 1. The Kier molecular flexibility index (Phi) is 10.5. The van der Waals surface area contributed by atoms with E-state index in [9.17, 15) is 14.4 Å². The third-order valence-corrected chi connectivity index (χ3v) is 7.76. The van der Waals surface area contributed by atoms with Gasteiger partial charge in [-0.15, -0.1) is 0 Å². The second-order valence-electron chi connectivity index (χ2n) is 10.3. The Morgan fingerprint density at radius 3 is 2.50 bits per heavy atom. The number of anilines is 1. The predicted octanol–water partition coefficient (Wildman–Crippen LogP) is 6.03. The zero-order valence-corrected chi connectivity index (χ0v) is 23.7. The van der Waals surface area contributed by atoms with Crippen molar-refractivity contribution in [2.75, 3.05) is 18.1 Å². The number of H-pyrrole nitrogens is 1. The number of hydrogen-bond acceptors (Lipinski definition) is 5. The molecule has 8 heteroatoms. The normalized spacial score (nSPS) is 18.3. The maximum absolute atomic E-state index is 13.7. The minimum absolute atomic E-state index is 0.0348. The molecule has 1 unspecified atom stereocenters. The van der Waals surface area contributed by atoms with E-state index in [-0.39, 0.29) is 29.8 Å². The minimum Gasteiger partial charge on any atom is -0.481 e. The van der Waals surface area contributed by atoms with E-state index in [0.29, 0.717) is 36.2 Å². The van der Waals surface area contributed by atoms with Gasteiger partial charge in [-0.05, 0) is 76.5 Å². The standard InChI is InChI=1S/C28H38N4O4.C2H6/c1-4-29-32(21-10-6-5-7-11-21)26-19(3)27(35)30-24-15-18(2)22(16-23(24)26)28(36)31-14-8-9-20(17-31)12-13-25(33)34;1-2/h4,15-16,20-21H,5-14,17H2,1-3H3,(H,30,35)(H,33,34);1-2H3/b29-4-;. The molecule has 1 aromatic heterocycles. The summed E-state index contributed by atoms with van der Waals surface area (Å²) in [5.41, 5.74) is 3.39. The first kappa shape index (κ1) is 29.4. The van der Waals surface area contributed by atoms with Crippen molar-refractivity contribution >= 4 is 34.7 Å². The molecule has 1 saturated carbocycles. The van der Waals surface area contributed by atoms with E-state index in [1.807, 2.05) is 56.7 Å². The first-order valence-electron chi connectivity index (χ1n) is 14.3. The van der Waals surface area contributed by atoms with Gasteiger partial charge >= 0.3 is 5.97 Å². The number of aromatic amines is 1. The van der Waals surface area contributed by atoms with Gasteiger partial charge in [-0.2, -0.15) is 5.10 Å². The fourth-order valence-corrected chi connectivity index (χ4v) is 5.83. The zero-order valence-electron chi connectivity index (χ0n) is 23.7.